The highest BCUT2D eigenvalue weighted by atomic mass is 35.5. The third-order valence-corrected chi connectivity index (χ3v) is 6.65. The van der Waals surface area contributed by atoms with Gasteiger partial charge in [-0.1, -0.05) is 79.4 Å². The first kappa shape index (κ1) is 23.6. The van der Waals surface area contributed by atoms with Crippen LogP contribution >= 0.6 is 23.2 Å². The normalized spacial score (nSPS) is 14.9. The molecule has 3 rings (SSSR count). The van der Waals surface area contributed by atoms with Gasteiger partial charge in [0, 0.05) is 12.6 Å². The molecule has 0 aliphatic heterocycles. The molecule has 0 unspecified atom stereocenters. The van der Waals surface area contributed by atoms with E-state index in [4.69, 9.17) is 23.2 Å². The Morgan fingerprint density at radius 2 is 1.74 bits per heavy atom. The van der Waals surface area contributed by atoms with Crippen LogP contribution in [-0.4, -0.2) is 35.3 Å². The summed E-state index contributed by atoms with van der Waals surface area (Å²) in [6.45, 7) is 2.45. The standard InChI is InChI=1S/C25H30Cl2N2O2/c1-2-23(25(31)28-20-10-6-7-11-20)29(15-14-18-8-4-3-5-9-18)24(30)17-19-12-13-21(26)22(27)16-19/h3-5,8-9,12-13,16,20,23H,2,6-7,10-11,14-15,17H2,1H3,(H,28,31)/t23-/m1/s1. The zero-order chi connectivity index (χ0) is 22.2. The van der Waals surface area contributed by atoms with E-state index in [2.05, 4.69) is 5.32 Å². The first-order valence-electron chi connectivity index (χ1n) is 11.1. The van der Waals surface area contributed by atoms with Crippen molar-refractivity contribution in [1.82, 2.24) is 10.2 Å². The largest absolute Gasteiger partial charge is 0.352 e. The van der Waals surface area contributed by atoms with Gasteiger partial charge in [-0.3, -0.25) is 9.59 Å². The Labute approximate surface area is 194 Å². The van der Waals surface area contributed by atoms with Crippen LogP contribution < -0.4 is 5.32 Å². The summed E-state index contributed by atoms with van der Waals surface area (Å²) in [6, 6.07) is 15.0. The summed E-state index contributed by atoms with van der Waals surface area (Å²) in [4.78, 5) is 28.2. The fraction of sp³-hybridized carbons (Fsp3) is 0.440. The van der Waals surface area contributed by atoms with E-state index in [9.17, 15) is 9.59 Å². The fourth-order valence-electron chi connectivity index (χ4n) is 4.19. The van der Waals surface area contributed by atoms with Gasteiger partial charge in [0.15, 0.2) is 0 Å². The van der Waals surface area contributed by atoms with Crippen molar-refractivity contribution >= 4 is 35.0 Å². The molecule has 1 fully saturated rings. The van der Waals surface area contributed by atoms with E-state index in [-0.39, 0.29) is 24.3 Å². The molecule has 0 bridgehead atoms. The van der Waals surface area contributed by atoms with Crippen LogP contribution in [0.3, 0.4) is 0 Å². The van der Waals surface area contributed by atoms with Crippen molar-refractivity contribution in [3.8, 4) is 0 Å². The molecule has 2 aromatic carbocycles. The number of hydrogen-bond acceptors (Lipinski definition) is 2. The number of carbonyl (C=O) groups excluding carboxylic acids is 2. The van der Waals surface area contributed by atoms with Crippen molar-refractivity contribution in [1.29, 1.82) is 0 Å². The average Bonchev–Trinajstić information content (AvgIpc) is 3.27. The Kier molecular flexibility index (Phi) is 8.79. The van der Waals surface area contributed by atoms with Crippen LogP contribution in [0.4, 0.5) is 0 Å². The Morgan fingerprint density at radius 1 is 1.03 bits per heavy atom. The van der Waals surface area contributed by atoms with Crippen LogP contribution in [0.5, 0.6) is 0 Å². The second-order valence-electron chi connectivity index (χ2n) is 8.16. The summed E-state index contributed by atoms with van der Waals surface area (Å²) < 4.78 is 0. The minimum Gasteiger partial charge on any atom is -0.352 e. The summed E-state index contributed by atoms with van der Waals surface area (Å²) >= 11 is 12.1. The minimum atomic E-state index is -0.486. The molecule has 1 aliphatic carbocycles. The topological polar surface area (TPSA) is 49.4 Å². The van der Waals surface area contributed by atoms with Crippen molar-refractivity contribution in [2.24, 2.45) is 0 Å². The number of carbonyl (C=O) groups is 2. The van der Waals surface area contributed by atoms with E-state index in [1.807, 2.05) is 37.3 Å². The van der Waals surface area contributed by atoms with Crippen LogP contribution in [0.2, 0.25) is 10.0 Å². The molecule has 0 aromatic heterocycles. The molecule has 4 nitrogen and oxygen atoms in total. The summed E-state index contributed by atoms with van der Waals surface area (Å²) in [5.41, 5.74) is 1.93. The second kappa shape index (κ2) is 11.5. The SMILES string of the molecule is CC[C@H](C(=O)NC1CCCC1)N(CCc1ccccc1)C(=O)Cc1ccc(Cl)c(Cl)c1. The van der Waals surface area contributed by atoms with Crippen LogP contribution in [-0.2, 0) is 22.4 Å². The van der Waals surface area contributed by atoms with E-state index in [1.54, 1.807) is 23.1 Å². The predicted octanol–water partition coefficient (Wildman–Crippen LogP) is 5.44. The second-order valence-corrected chi connectivity index (χ2v) is 8.98. The maximum Gasteiger partial charge on any atom is 0.243 e. The number of rotatable bonds is 9. The molecule has 1 saturated carbocycles. The number of hydrogen-bond donors (Lipinski definition) is 1. The Balaban J connectivity index is 1.76. The molecule has 31 heavy (non-hydrogen) atoms. The third kappa shape index (κ3) is 6.72. The van der Waals surface area contributed by atoms with Gasteiger partial charge >= 0.3 is 0 Å². The van der Waals surface area contributed by atoms with Gasteiger partial charge in [0.05, 0.1) is 16.5 Å². The molecule has 2 aromatic rings. The van der Waals surface area contributed by atoms with Crippen LogP contribution in [0.1, 0.15) is 50.2 Å². The number of amides is 2. The average molecular weight is 461 g/mol. The summed E-state index contributed by atoms with van der Waals surface area (Å²) in [6.07, 6.45) is 5.78. The number of nitrogens with one attached hydrogen (secondary N) is 1. The summed E-state index contributed by atoms with van der Waals surface area (Å²) in [5, 5.41) is 4.06. The van der Waals surface area contributed by atoms with E-state index in [0.29, 0.717) is 29.4 Å². The first-order chi connectivity index (χ1) is 15.0. The van der Waals surface area contributed by atoms with Gasteiger partial charge in [0.1, 0.15) is 6.04 Å². The van der Waals surface area contributed by atoms with Crippen molar-refractivity contribution in [2.75, 3.05) is 6.54 Å². The van der Waals surface area contributed by atoms with E-state index < -0.39 is 6.04 Å². The molecule has 1 N–H and O–H groups in total. The van der Waals surface area contributed by atoms with Crippen LogP contribution in [0.15, 0.2) is 48.5 Å². The van der Waals surface area contributed by atoms with Crippen molar-refractivity contribution in [2.45, 2.75) is 64.0 Å². The quantitative estimate of drug-likeness (QED) is 0.540. The molecule has 1 atom stereocenters. The minimum absolute atomic E-state index is 0.0510. The molecule has 0 spiro atoms. The molecular formula is C25H30Cl2N2O2. The fourth-order valence-corrected chi connectivity index (χ4v) is 4.51. The molecule has 166 valence electrons. The molecule has 2 amide bonds. The van der Waals surface area contributed by atoms with E-state index in [0.717, 1.165) is 36.8 Å². The maximum absolute atomic E-state index is 13.3. The lowest BCUT2D eigenvalue weighted by atomic mass is 10.1. The molecule has 0 heterocycles. The van der Waals surface area contributed by atoms with Crippen LogP contribution in [0, 0.1) is 0 Å². The van der Waals surface area contributed by atoms with Crippen molar-refractivity contribution in [3.63, 3.8) is 0 Å². The first-order valence-corrected chi connectivity index (χ1v) is 11.8. The van der Waals surface area contributed by atoms with Gasteiger partial charge in [-0.25, -0.2) is 0 Å². The predicted molar refractivity (Wildman–Crippen MR) is 127 cm³/mol. The molecule has 0 radical (unpaired) electrons. The lowest BCUT2D eigenvalue weighted by Crippen LogP contribution is -2.52. The summed E-state index contributed by atoms with van der Waals surface area (Å²) in [7, 11) is 0. The van der Waals surface area contributed by atoms with Gasteiger partial charge in [-0.15, -0.1) is 0 Å². The number of halogens is 2. The molecule has 1 aliphatic rings. The van der Waals surface area contributed by atoms with Crippen molar-refractivity contribution < 1.29 is 9.59 Å². The lowest BCUT2D eigenvalue weighted by molar-refractivity contribution is -0.140. The number of nitrogens with zero attached hydrogens (tertiary/aromatic N) is 1. The Morgan fingerprint density at radius 3 is 2.39 bits per heavy atom. The zero-order valence-electron chi connectivity index (χ0n) is 17.9. The smallest absolute Gasteiger partial charge is 0.243 e. The highest BCUT2D eigenvalue weighted by molar-refractivity contribution is 6.42. The highest BCUT2D eigenvalue weighted by Gasteiger charge is 2.30. The maximum atomic E-state index is 13.3. The number of benzene rings is 2. The van der Waals surface area contributed by atoms with E-state index >= 15 is 0 Å². The van der Waals surface area contributed by atoms with Gasteiger partial charge in [-0.05, 0) is 48.9 Å². The van der Waals surface area contributed by atoms with Gasteiger partial charge in [0.2, 0.25) is 11.8 Å². The van der Waals surface area contributed by atoms with Gasteiger partial charge in [0.25, 0.3) is 0 Å². The monoisotopic (exact) mass is 460 g/mol. The third-order valence-electron chi connectivity index (χ3n) is 5.91. The van der Waals surface area contributed by atoms with E-state index in [1.165, 1.54) is 0 Å². The lowest BCUT2D eigenvalue weighted by Gasteiger charge is -2.31. The Hall–Kier alpha value is -2.04. The van der Waals surface area contributed by atoms with Crippen molar-refractivity contribution in [3.05, 3.63) is 69.7 Å². The Bertz CT molecular complexity index is 882. The van der Waals surface area contributed by atoms with Crippen LogP contribution in [0.25, 0.3) is 0 Å². The zero-order valence-corrected chi connectivity index (χ0v) is 19.5. The van der Waals surface area contributed by atoms with Gasteiger partial charge in [-0.2, -0.15) is 0 Å². The molecule has 6 heteroatoms. The summed E-state index contributed by atoms with van der Waals surface area (Å²) in [5.74, 6) is -0.132. The highest BCUT2D eigenvalue weighted by Crippen LogP contribution is 2.24. The molecular weight excluding hydrogens is 431 g/mol. The molecule has 0 saturated heterocycles. The van der Waals surface area contributed by atoms with Gasteiger partial charge < -0.3 is 10.2 Å².